The third-order valence-electron chi connectivity index (χ3n) is 8.42. The SMILES string of the molecule is COc1c([C@H]2[C@H](C(=O)Nc3ccnc(C(=O)N4CCN(C)C(C)(C)C4)c3)O[C@@](C)(C(F)(F)F)[C@H]2C)ccc(F)c1F. The molecule has 0 aliphatic carbocycles. The highest BCUT2D eigenvalue weighted by atomic mass is 19.4. The second-order valence-corrected chi connectivity index (χ2v) is 11.3. The Hall–Kier alpha value is -3.32. The summed E-state index contributed by atoms with van der Waals surface area (Å²) in [5, 5.41) is 2.52. The fourth-order valence-electron chi connectivity index (χ4n) is 5.45. The Balaban J connectivity index is 1.64. The Kier molecular flexibility index (Phi) is 8.09. The van der Waals surface area contributed by atoms with Gasteiger partial charge in [0.05, 0.1) is 7.11 Å². The van der Waals surface area contributed by atoms with Crippen molar-refractivity contribution in [3.05, 3.63) is 53.4 Å². The summed E-state index contributed by atoms with van der Waals surface area (Å²) >= 11 is 0. The van der Waals surface area contributed by atoms with Crippen molar-refractivity contribution in [3.63, 3.8) is 0 Å². The van der Waals surface area contributed by atoms with Crippen molar-refractivity contribution in [2.45, 2.75) is 57.0 Å². The van der Waals surface area contributed by atoms with Crippen LogP contribution < -0.4 is 10.1 Å². The van der Waals surface area contributed by atoms with Crippen molar-refractivity contribution in [1.29, 1.82) is 0 Å². The summed E-state index contributed by atoms with van der Waals surface area (Å²) in [6.07, 6.45) is -5.35. The number of methoxy groups -OCH3 is 1. The normalized spacial score (nSPS) is 26.6. The maximum Gasteiger partial charge on any atom is 0.417 e. The largest absolute Gasteiger partial charge is 0.493 e. The van der Waals surface area contributed by atoms with Crippen LogP contribution in [0.3, 0.4) is 0 Å². The molecule has 2 saturated heterocycles. The maximum atomic E-state index is 14.6. The molecular weight excluding hydrogens is 551 g/mol. The molecule has 2 fully saturated rings. The fourth-order valence-corrected chi connectivity index (χ4v) is 5.45. The van der Waals surface area contributed by atoms with Crippen molar-refractivity contribution in [3.8, 4) is 5.75 Å². The van der Waals surface area contributed by atoms with Gasteiger partial charge in [-0.2, -0.15) is 17.6 Å². The van der Waals surface area contributed by atoms with E-state index in [9.17, 15) is 31.5 Å². The number of anilines is 1. The van der Waals surface area contributed by atoms with Crippen LogP contribution >= 0.6 is 0 Å². The smallest absolute Gasteiger partial charge is 0.417 e. The molecule has 2 amide bonds. The number of nitrogens with one attached hydrogen (secondary N) is 1. The van der Waals surface area contributed by atoms with Gasteiger partial charge in [-0.15, -0.1) is 0 Å². The lowest BCUT2D eigenvalue weighted by atomic mass is 9.77. The molecule has 3 heterocycles. The number of carbonyl (C=O) groups is 2. The van der Waals surface area contributed by atoms with Gasteiger partial charge in [0.15, 0.2) is 17.2 Å². The molecule has 0 spiro atoms. The first-order chi connectivity index (χ1) is 19.0. The number of benzene rings is 1. The standard InChI is InChI=1S/C28H33F5N4O4/c1-15-20(17-7-8-18(29)21(30)22(17)40-6)23(41-27(15,4)28(31,32)33)24(38)35-16-9-10-34-19(13-16)25(39)37-12-11-36(5)26(2,3)14-37/h7-10,13,15,20,23H,11-12,14H2,1-6H3,(H,34,35,38)/t15-,20-,23+,27+/m0/s1. The Labute approximate surface area is 234 Å². The van der Waals surface area contributed by atoms with E-state index in [0.717, 1.165) is 26.2 Å². The van der Waals surface area contributed by atoms with Crippen LogP contribution in [0.5, 0.6) is 5.75 Å². The van der Waals surface area contributed by atoms with E-state index in [-0.39, 0.29) is 28.4 Å². The van der Waals surface area contributed by atoms with E-state index in [4.69, 9.17) is 9.47 Å². The van der Waals surface area contributed by atoms with E-state index in [2.05, 4.69) is 15.2 Å². The number of nitrogens with zero attached hydrogens (tertiary/aromatic N) is 3. The zero-order chi connectivity index (χ0) is 30.5. The van der Waals surface area contributed by atoms with Gasteiger partial charge in [0.25, 0.3) is 11.8 Å². The van der Waals surface area contributed by atoms with E-state index < -0.39 is 53.0 Å². The molecule has 8 nitrogen and oxygen atoms in total. The second kappa shape index (κ2) is 10.8. The highest BCUT2D eigenvalue weighted by molar-refractivity contribution is 5.98. The van der Waals surface area contributed by atoms with Crippen molar-refractivity contribution in [1.82, 2.24) is 14.8 Å². The number of pyridine rings is 1. The molecule has 41 heavy (non-hydrogen) atoms. The first kappa shape index (κ1) is 30.6. The van der Waals surface area contributed by atoms with E-state index in [1.165, 1.54) is 25.3 Å². The molecule has 0 unspecified atom stereocenters. The minimum absolute atomic E-state index is 0.0443. The first-order valence-corrected chi connectivity index (χ1v) is 13.1. The Morgan fingerprint density at radius 1 is 1.15 bits per heavy atom. The van der Waals surface area contributed by atoms with Crippen molar-refractivity contribution in [2.75, 3.05) is 39.1 Å². The van der Waals surface area contributed by atoms with Crippen LogP contribution in [0.25, 0.3) is 0 Å². The van der Waals surface area contributed by atoms with Gasteiger partial charge in [0, 0.05) is 54.5 Å². The highest BCUT2D eigenvalue weighted by Gasteiger charge is 2.66. The molecule has 2 aliphatic rings. The highest BCUT2D eigenvalue weighted by Crippen LogP contribution is 2.55. The maximum absolute atomic E-state index is 14.6. The van der Waals surface area contributed by atoms with Crippen LogP contribution in [0.4, 0.5) is 27.6 Å². The zero-order valence-electron chi connectivity index (χ0n) is 23.6. The van der Waals surface area contributed by atoms with Crippen LogP contribution in [-0.2, 0) is 9.53 Å². The van der Waals surface area contributed by atoms with Gasteiger partial charge in [0.2, 0.25) is 5.82 Å². The molecule has 1 aromatic heterocycles. The molecule has 1 N–H and O–H groups in total. The van der Waals surface area contributed by atoms with Crippen molar-refractivity contribution < 1.29 is 41.0 Å². The third kappa shape index (κ3) is 5.49. The van der Waals surface area contributed by atoms with Crippen LogP contribution in [0, 0.1) is 17.6 Å². The minimum atomic E-state index is -4.89. The number of hydrogen-bond acceptors (Lipinski definition) is 6. The second-order valence-electron chi connectivity index (χ2n) is 11.3. The van der Waals surface area contributed by atoms with Gasteiger partial charge in [-0.25, -0.2) is 4.39 Å². The van der Waals surface area contributed by atoms with E-state index in [1.54, 1.807) is 4.90 Å². The topological polar surface area (TPSA) is 84.0 Å². The number of hydrogen-bond donors (Lipinski definition) is 1. The Morgan fingerprint density at radius 2 is 1.83 bits per heavy atom. The molecule has 2 aromatic rings. The lowest BCUT2D eigenvalue weighted by Gasteiger charge is -2.45. The van der Waals surface area contributed by atoms with Gasteiger partial charge in [-0.05, 0) is 46.0 Å². The van der Waals surface area contributed by atoms with Crippen LogP contribution in [0.1, 0.15) is 49.7 Å². The quantitative estimate of drug-likeness (QED) is 0.517. The van der Waals surface area contributed by atoms with Gasteiger partial charge in [0.1, 0.15) is 11.8 Å². The lowest BCUT2D eigenvalue weighted by Crippen LogP contribution is -2.58. The third-order valence-corrected chi connectivity index (χ3v) is 8.42. The van der Waals surface area contributed by atoms with E-state index in [1.807, 2.05) is 20.9 Å². The first-order valence-electron chi connectivity index (χ1n) is 13.1. The molecule has 0 saturated carbocycles. The number of halogens is 5. The number of likely N-dealkylation sites (N-methyl/N-ethyl adjacent to an activating group) is 1. The summed E-state index contributed by atoms with van der Waals surface area (Å²) in [4.78, 5) is 34.6. The molecule has 0 bridgehead atoms. The van der Waals surface area contributed by atoms with Gasteiger partial charge in [-0.3, -0.25) is 19.5 Å². The molecule has 2 aliphatic heterocycles. The molecule has 0 radical (unpaired) electrons. The van der Waals surface area contributed by atoms with Gasteiger partial charge in [-0.1, -0.05) is 13.0 Å². The average Bonchev–Trinajstić information content (AvgIpc) is 3.18. The summed E-state index contributed by atoms with van der Waals surface area (Å²) in [7, 11) is 3.02. The Morgan fingerprint density at radius 3 is 2.44 bits per heavy atom. The number of ether oxygens (including phenoxy) is 2. The number of piperazine rings is 1. The summed E-state index contributed by atoms with van der Waals surface area (Å²) < 4.78 is 81.5. The van der Waals surface area contributed by atoms with Crippen molar-refractivity contribution in [2.24, 2.45) is 5.92 Å². The molecule has 1 aromatic carbocycles. The number of alkyl halides is 3. The predicted molar refractivity (Wildman–Crippen MR) is 140 cm³/mol. The minimum Gasteiger partial charge on any atom is -0.493 e. The number of aromatic nitrogens is 1. The molecular formula is C28H33F5N4O4. The zero-order valence-corrected chi connectivity index (χ0v) is 23.6. The summed E-state index contributed by atoms with van der Waals surface area (Å²) in [6, 6.07) is 4.57. The monoisotopic (exact) mass is 584 g/mol. The summed E-state index contributed by atoms with van der Waals surface area (Å²) in [5.74, 6) is -7.33. The van der Waals surface area contributed by atoms with Crippen LogP contribution in [0.2, 0.25) is 0 Å². The summed E-state index contributed by atoms with van der Waals surface area (Å²) in [6.45, 7) is 7.62. The molecule has 224 valence electrons. The van der Waals surface area contributed by atoms with Gasteiger partial charge >= 0.3 is 6.18 Å². The molecule has 4 rings (SSSR count). The van der Waals surface area contributed by atoms with Crippen molar-refractivity contribution >= 4 is 17.5 Å². The van der Waals surface area contributed by atoms with Crippen LogP contribution in [-0.4, -0.2) is 83.8 Å². The van der Waals surface area contributed by atoms with E-state index >= 15 is 0 Å². The average molecular weight is 585 g/mol. The molecule has 4 atom stereocenters. The molecule has 13 heteroatoms. The Bertz CT molecular complexity index is 1340. The number of amides is 2. The van der Waals surface area contributed by atoms with E-state index in [0.29, 0.717) is 19.6 Å². The lowest BCUT2D eigenvalue weighted by molar-refractivity contribution is -0.272. The number of carbonyl (C=O) groups excluding carboxylic acids is 2. The number of rotatable bonds is 5. The van der Waals surface area contributed by atoms with Crippen LogP contribution in [0.15, 0.2) is 30.5 Å². The predicted octanol–water partition coefficient (Wildman–Crippen LogP) is 4.61. The van der Waals surface area contributed by atoms with Gasteiger partial charge < -0.3 is 19.7 Å². The summed E-state index contributed by atoms with van der Waals surface area (Å²) in [5.41, 5.74) is -3.05. The fraction of sp³-hybridized carbons (Fsp3) is 0.536.